The van der Waals surface area contributed by atoms with Gasteiger partial charge in [0.1, 0.15) is 0 Å². The molecule has 0 amide bonds. The highest BCUT2D eigenvalue weighted by molar-refractivity contribution is 4.65. The van der Waals surface area contributed by atoms with Crippen LogP contribution in [-0.4, -0.2) is 18.9 Å². The highest BCUT2D eigenvalue weighted by Gasteiger charge is 2.30. The highest BCUT2D eigenvalue weighted by atomic mass is 19.4. The summed E-state index contributed by atoms with van der Waals surface area (Å²) in [6, 6.07) is 0. The van der Waals surface area contributed by atoms with Crippen molar-refractivity contribution >= 4 is 0 Å². The molecule has 0 aromatic heterocycles. The van der Waals surface area contributed by atoms with Crippen LogP contribution in [0.3, 0.4) is 0 Å². The van der Waals surface area contributed by atoms with E-state index in [-0.39, 0.29) is 0 Å². The Morgan fingerprint density at radius 1 is 1.45 bits per heavy atom. The molecule has 1 nitrogen and oxygen atoms in total. The molecule has 0 aliphatic heterocycles. The Morgan fingerprint density at radius 2 is 2.00 bits per heavy atom. The minimum absolute atomic E-state index is 0.338. The average Bonchev–Trinajstić information content (AvgIpc) is 1.79. The summed E-state index contributed by atoms with van der Waals surface area (Å²) >= 11 is 0. The predicted octanol–water partition coefficient (Wildman–Crippen LogP) is 2.57. The first-order valence-corrected chi connectivity index (χ1v) is 3.47. The van der Waals surface area contributed by atoms with Crippen molar-refractivity contribution in [3.05, 3.63) is 6.92 Å². The van der Waals surface area contributed by atoms with Gasteiger partial charge < -0.3 is 4.74 Å². The molecule has 0 rings (SSSR count). The van der Waals surface area contributed by atoms with Crippen LogP contribution < -0.4 is 0 Å². The van der Waals surface area contributed by atoms with E-state index in [4.69, 9.17) is 4.74 Å². The van der Waals surface area contributed by atoms with Crippen molar-refractivity contribution < 1.29 is 17.9 Å². The van der Waals surface area contributed by atoms with Crippen molar-refractivity contribution in [1.82, 2.24) is 0 Å². The summed E-state index contributed by atoms with van der Waals surface area (Å²) in [5, 5.41) is 0. The maximum atomic E-state index is 11.6. The number of alkyl halides is 3. The maximum Gasteiger partial charge on any atom is 0.391 e. The zero-order valence-corrected chi connectivity index (χ0v) is 6.45. The molecule has 0 saturated carbocycles. The van der Waals surface area contributed by atoms with Crippen molar-refractivity contribution in [1.29, 1.82) is 0 Å². The number of ether oxygens (including phenoxy) is 1. The van der Waals surface area contributed by atoms with Crippen LogP contribution in [0.25, 0.3) is 0 Å². The topological polar surface area (TPSA) is 9.23 Å². The number of hydrogen-bond acceptors (Lipinski definition) is 1. The summed E-state index contributed by atoms with van der Waals surface area (Å²) in [6.45, 7) is 5.39. The monoisotopic (exact) mass is 169 g/mol. The largest absolute Gasteiger partial charge is 0.391 e. The molecule has 0 spiro atoms. The molecule has 1 unspecified atom stereocenters. The van der Waals surface area contributed by atoms with E-state index in [0.29, 0.717) is 13.0 Å². The van der Waals surface area contributed by atoms with E-state index in [1.807, 2.05) is 6.92 Å². The summed E-state index contributed by atoms with van der Waals surface area (Å²) in [5.41, 5.74) is 0. The standard InChI is InChI=1S/C7H12F3O/c1-3-4-11-6(2)5-7(8,9)10/h6H,2-5H2,1H3. The van der Waals surface area contributed by atoms with E-state index < -0.39 is 18.7 Å². The molecule has 0 saturated heterocycles. The molecule has 0 aromatic carbocycles. The second-order valence-electron chi connectivity index (χ2n) is 2.31. The normalized spacial score (nSPS) is 15.0. The van der Waals surface area contributed by atoms with E-state index in [0.717, 1.165) is 0 Å². The van der Waals surface area contributed by atoms with E-state index in [1.165, 1.54) is 0 Å². The zero-order chi connectivity index (χ0) is 8.91. The molecule has 67 valence electrons. The second-order valence-corrected chi connectivity index (χ2v) is 2.31. The molecule has 0 aliphatic carbocycles. The number of halogens is 3. The Hall–Kier alpha value is -0.250. The molecule has 0 heterocycles. The SMILES string of the molecule is [CH2]C(CC(F)(F)F)OCCC. The summed E-state index contributed by atoms with van der Waals surface area (Å²) in [6.07, 6.45) is -5.38. The molecule has 1 radical (unpaired) electrons. The summed E-state index contributed by atoms with van der Waals surface area (Å²) < 4.78 is 39.6. The van der Waals surface area contributed by atoms with Crippen LogP contribution in [0.1, 0.15) is 19.8 Å². The Bertz CT molecular complexity index is 100. The lowest BCUT2D eigenvalue weighted by molar-refractivity contribution is -0.154. The first-order chi connectivity index (χ1) is 4.95. The molecule has 11 heavy (non-hydrogen) atoms. The van der Waals surface area contributed by atoms with Crippen LogP contribution in [0.4, 0.5) is 13.2 Å². The summed E-state index contributed by atoms with van der Waals surface area (Å²) in [5.74, 6) is 0. The molecule has 0 aliphatic rings. The van der Waals surface area contributed by atoms with Gasteiger partial charge in [0.05, 0.1) is 12.5 Å². The molecular formula is C7H12F3O. The van der Waals surface area contributed by atoms with Crippen LogP contribution in [0.5, 0.6) is 0 Å². The number of hydrogen-bond donors (Lipinski definition) is 0. The van der Waals surface area contributed by atoms with Gasteiger partial charge in [-0.05, 0) is 13.3 Å². The van der Waals surface area contributed by atoms with Crippen LogP contribution in [-0.2, 0) is 4.74 Å². The van der Waals surface area contributed by atoms with Gasteiger partial charge >= 0.3 is 6.18 Å². The van der Waals surface area contributed by atoms with Crippen molar-refractivity contribution in [3.8, 4) is 0 Å². The smallest absolute Gasteiger partial charge is 0.378 e. The van der Waals surface area contributed by atoms with Crippen LogP contribution in [0.2, 0.25) is 0 Å². The first-order valence-electron chi connectivity index (χ1n) is 3.47. The van der Waals surface area contributed by atoms with Crippen LogP contribution in [0, 0.1) is 6.92 Å². The van der Waals surface area contributed by atoms with Crippen molar-refractivity contribution in [2.75, 3.05) is 6.61 Å². The van der Waals surface area contributed by atoms with Gasteiger partial charge in [0.2, 0.25) is 0 Å². The molecular weight excluding hydrogens is 157 g/mol. The fourth-order valence-corrected chi connectivity index (χ4v) is 0.602. The second kappa shape index (κ2) is 4.59. The third-order valence-electron chi connectivity index (χ3n) is 1.02. The van der Waals surface area contributed by atoms with Crippen LogP contribution in [0.15, 0.2) is 0 Å². The average molecular weight is 169 g/mol. The Labute approximate surface area is 64.5 Å². The lowest BCUT2D eigenvalue weighted by Gasteiger charge is -2.13. The quantitative estimate of drug-likeness (QED) is 0.628. The van der Waals surface area contributed by atoms with E-state index in [2.05, 4.69) is 6.92 Å². The Morgan fingerprint density at radius 3 is 2.36 bits per heavy atom. The van der Waals surface area contributed by atoms with E-state index >= 15 is 0 Å². The van der Waals surface area contributed by atoms with Crippen molar-refractivity contribution in [2.45, 2.75) is 32.0 Å². The highest BCUT2D eigenvalue weighted by Crippen LogP contribution is 2.22. The lowest BCUT2D eigenvalue weighted by atomic mass is 10.3. The zero-order valence-electron chi connectivity index (χ0n) is 6.45. The van der Waals surface area contributed by atoms with Gasteiger partial charge in [-0.2, -0.15) is 13.2 Å². The van der Waals surface area contributed by atoms with E-state index in [9.17, 15) is 13.2 Å². The van der Waals surface area contributed by atoms with Gasteiger partial charge in [0, 0.05) is 6.61 Å². The van der Waals surface area contributed by atoms with Gasteiger partial charge in [-0.3, -0.25) is 0 Å². The van der Waals surface area contributed by atoms with Crippen LogP contribution >= 0.6 is 0 Å². The first kappa shape index (κ1) is 10.8. The van der Waals surface area contributed by atoms with Gasteiger partial charge in [0.15, 0.2) is 0 Å². The molecule has 0 fully saturated rings. The number of rotatable bonds is 4. The molecule has 0 aromatic rings. The van der Waals surface area contributed by atoms with Gasteiger partial charge in [-0.1, -0.05) is 6.92 Å². The maximum absolute atomic E-state index is 11.6. The summed E-state index contributed by atoms with van der Waals surface area (Å²) in [4.78, 5) is 0. The van der Waals surface area contributed by atoms with Gasteiger partial charge in [0.25, 0.3) is 0 Å². The van der Waals surface area contributed by atoms with E-state index in [1.54, 1.807) is 0 Å². The Balaban J connectivity index is 3.44. The predicted molar refractivity (Wildman–Crippen MR) is 36.1 cm³/mol. The third kappa shape index (κ3) is 7.65. The molecule has 0 N–H and O–H groups in total. The van der Waals surface area contributed by atoms with Gasteiger partial charge in [-0.25, -0.2) is 0 Å². The van der Waals surface area contributed by atoms with Gasteiger partial charge in [-0.15, -0.1) is 0 Å². The summed E-state index contributed by atoms with van der Waals surface area (Å²) in [7, 11) is 0. The molecule has 0 bridgehead atoms. The fraction of sp³-hybridized carbons (Fsp3) is 0.857. The molecule has 4 heteroatoms. The Kier molecular flexibility index (Phi) is 4.49. The minimum atomic E-state index is -4.17. The molecule has 1 atom stereocenters. The van der Waals surface area contributed by atoms with Crippen molar-refractivity contribution in [2.24, 2.45) is 0 Å². The fourth-order valence-electron chi connectivity index (χ4n) is 0.602. The third-order valence-corrected chi connectivity index (χ3v) is 1.02. The van der Waals surface area contributed by atoms with Crippen molar-refractivity contribution in [3.63, 3.8) is 0 Å². The minimum Gasteiger partial charge on any atom is -0.378 e. The lowest BCUT2D eigenvalue weighted by Crippen LogP contribution is -2.20.